The Morgan fingerprint density at radius 2 is 1.75 bits per heavy atom. The van der Waals surface area contributed by atoms with Gasteiger partial charge in [-0.15, -0.1) is 0 Å². The Morgan fingerprint density at radius 1 is 1.09 bits per heavy atom. The lowest BCUT2D eigenvalue weighted by atomic mass is 10.1. The van der Waals surface area contributed by atoms with Crippen molar-refractivity contribution in [1.29, 1.82) is 0 Å². The molecule has 2 aromatic carbocycles. The average molecular weight is 494 g/mol. The van der Waals surface area contributed by atoms with Crippen molar-refractivity contribution in [3.05, 3.63) is 52.5 Å². The minimum absolute atomic E-state index is 0.0768. The van der Waals surface area contributed by atoms with Crippen LogP contribution in [0.15, 0.2) is 41.3 Å². The van der Waals surface area contributed by atoms with Gasteiger partial charge in [-0.05, 0) is 55.4 Å². The molecule has 172 valence electrons. The van der Waals surface area contributed by atoms with E-state index < -0.39 is 9.84 Å². The molecule has 0 atom stereocenters. The summed E-state index contributed by atoms with van der Waals surface area (Å²) in [6.07, 6.45) is 1.33. The molecular formula is C23H28ClN3O3S2. The van der Waals surface area contributed by atoms with Crippen LogP contribution in [0.3, 0.4) is 0 Å². The molecular weight excluding hydrogens is 466 g/mol. The number of anilines is 1. The number of nitrogens with zero attached hydrogens (tertiary/aromatic N) is 3. The van der Waals surface area contributed by atoms with Crippen LogP contribution in [0.4, 0.5) is 5.13 Å². The van der Waals surface area contributed by atoms with Gasteiger partial charge in [0.2, 0.25) is 5.91 Å². The maximum absolute atomic E-state index is 13.3. The Kier molecular flexibility index (Phi) is 7.92. The molecule has 0 saturated heterocycles. The molecule has 0 N–H and O–H groups in total. The summed E-state index contributed by atoms with van der Waals surface area (Å²) in [6, 6.07) is 10.2. The smallest absolute Gasteiger partial charge is 0.233 e. The van der Waals surface area contributed by atoms with Crippen LogP contribution in [0.5, 0.6) is 0 Å². The summed E-state index contributed by atoms with van der Waals surface area (Å²) in [5, 5.41) is 1.30. The van der Waals surface area contributed by atoms with E-state index in [1.165, 1.54) is 17.6 Å². The lowest BCUT2D eigenvalue weighted by Crippen LogP contribution is -2.39. The van der Waals surface area contributed by atoms with E-state index in [4.69, 9.17) is 16.6 Å². The molecule has 0 aliphatic carbocycles. The molecule has 1 aromatic heterocycles. The van der Waals surface area contributed by atoms with Crippen LogP contribution < -0.4 is 4.90 Å². The zero-order valence-corrected chi connectivity index (χ0v) is 21.1. The average Bonchev–Trinajstić information content (AvgIpc) is 3.15. The van der Waals surface area contributed by atoms with Crippen molar-refractivity contribution in [3.63, 3.8) is 0 Å². The second kappa shape index (κ2) is 10.3. The van der Waals surface area contributed by atoms with Gasteiger partial charge in [0, 0.05) is 24.4 Å². The van der Waals surface area contributed by atoms with E-state index in [2.05, 4.69) is 18.7 Å². The molecule has 0 spiro atoms. The molecule has 3 rings (SSSR count). The third-order valence-corrected chi connectivity index (χ3v) is 7.78. The fourth-order valence-electron chi connectivity index (χ4n) is 3.49. The molecule has 32 heavy (non-hydrogen) atoms. The van der Waals surface area contributed by atoms with Gasteiger partial charge in [0.25, 0.3) is 0 Å². The molecule has 0 aliphatic heterocycles. The van der Waals surface area contributed by atoms with Crippen molar-refractivity contribution in [2.24, 2.45) is 0 Å². The van der Waals surface area contributed by atoms with Crippen LogP contribution in [0.2, 0.25) is 5.02 Å². The van der Waals surface area contributed by atoms with E-state index in [0.29, 0.717) is 16.7 Å². The highest BCUT2D eigenvalue weighted by Gasteiger charge is 2.22. The number of carbonyl (C=O) groups excluding carboxylic acids is 1. The second-order valence-electron chi connectivity index (χ2n) is 7.73. The number of thiazole rings is 1. The predicted octanol–water partition coefficient (Wildman–Crippen LogP) is 4.58. The summed E-state index contributed by atoms with van der Waals surface area (Å²) >= 11 is 7.67. The molecule has 3 aromatic rings. The summed E-state index contributed by atoms with van der Waals surface area (Å²) in [7, 11) is -3.27. The highest BCUT2D eigenvalue weighted by molar-refractivity contribution is 7.90. The molecule has 1 heterocycles. The first-order valence-corrected chi connectivity index (χ1v) is 13.6. The largest absolute Gasteiger partial charge is 0.302 e. The number of fused-ring (bicyclic) bond motifs is 1. The molecule has 1 amide bonds. The molecule has 9 heteroatoms. The van der Waals surface area contributed by atoms with E-state index in [1.807, 2.05) is 19.1 Å². The number of benzene rings is 2. The van der Waals surface area contributed by atoms with Crippen LogP contribution >= 0.6 is 22.9 Å². The lowest BCUT2D eigenvalue weighted by Gasteiger charge is -2.24. The summed E-state index contributed by atoms with van der Waals surface area (Å²) in [4.78, 5) is 22.3. The number of aryl methyl sites for hydroxylation is 1. The predicted molar refractivity (Wildman–Crippen MR) is 133 cm³/mol. The number of rotatable bonds is 9. The van der Waals surface area contributed by atoms with E-state index in [9.17, 15) is 13.2 Å². The van der Waals surface area contributed by atoms with Gasteiger partial charge in [-0.3, -0.25) is 9.69 Å². The number of carbonyl (C=O) groups is 1. The molecule has 0 bridgehead atoms. The van der Waals surface area contributed by atoms with Crippen molar-refractivity contribution in [2.75, 3.05) is 37.3 Å². The minimum atomic E-state index is -3.27. The van der Waals surface area contributed by atoms with Gasteiger partial charge in [-0.2, -0.15) is 0 Å². The zero-order valence-electron chi connectivity index (χ0n) is 18.8. The highest BCUT2D eigenvalue weighted by atomic mass is 35.5. The second-order valence-corrected chi connectivity index (χ2v) is 11.2. The fourth-order valence-corrected chi connectivity index (χ4v) is 5.59. The maximum atomic E-state index is 13.3. The van der Waals surface area contributed by atoms with Crippen LogP contribution in [-0.4, -0.2) is 56.6 Å². The number of halogens is 1. The zero-order chi connectivity index (χ0) is 23.5. The molecule has 0 saturated carbocycles. The number of aromatic nitrogens is 1. The standard InChI is InChI=1S/C23H28ClN3O3S2/c1-5-26(6-2)11-12-27(23-25-22-16(3)13-18(24)15-20(22)31-23)21(28)14-17-7-9-19(10-8-17)32(4,29)30/h7-10,13,15H,5-6,11-12,14H2,1-4H3. The molecule has 0 aliphatic rings. The first-order valence-electron chi connectivity index (χ1n) is 10.5. The minimum Gasteiger partial charge on any atom is -0.302 e. The number of hydrogen-bond donors (Lipinski definition) is 0. The lowest BCUT2D eigenvalue weighted by molar-refractivity contribution is -0.118. The molecule has 0 unspecified atom stereocenters. The third-order valence-electron chi connectivity index (χ3n) is 5.41. The van der Waals surface area contributed by atoms with Gasteiger partial charge in [0.15, 0.2) is 15.0 Å². The van der Waals surface area contributed by atoms with E-state index >= 15 is 0 Å². The monoisotopic (exact) mass is 493 g/mol. The number of hydrogen-bond acceptors (Lipinski definition) is 6. The van der Waals surface area contributed by atoms with Crippen molar-refractivity contribution in [3.8, 4) is 0 Å². The van der Waals surface area contributed by atoms with E-state index in [-0.39, 0.29) is 17.2 Å². The van der Waals surface area contributed by atoms with Gasteiger partial charge in [0.1, 0.15) is 0 Å². The fraction of sp³-hybridized carbons (Fsp3) is 0.391. The Hall–Kier alpha value is -2.00. The number of likely N-dealkylation sites (N-methyl/N-ethyl adjacent to an activating group) is 1. The Bertz CT molecular complexity index is 1200. The van der Waals surface area contributed by atoms with Crippen LogP contribution in [0, 0.1) is 6.92 Å². The molecule has 0 radical (unpaired) electrons. The quantitative estimate of drug-likeness (QED) is 0.436. The topological polar surface area (TPSA) is 70.6 Å². The van der Waals surface area contributed by atoms with Crippen molar-refractivity contribution < 1.29 is 13.2 Å². The Morgan fingerprint density at radius 3 is 2.34 bits per heavy atom. The van der Waals surface area contributed by atoms with E-state index in [0.717, 1.165) is 41.0 Å². The third kappa shape index (κ3) is 5.86. The van der Waals surface area contributed by atoms with E-state index in [1.54, 1.807) is 29.2 Å². The van der Waals surface area contributed by atoms with Crippen molar-refractivity contribution in [2.45, 2.75) is 32.1 Å². The summed E-state index contributed by atoms with van der Waals surface area (Å²) in [5.41, 5.74) is 2.59. The van der Waals surface area contributed by atoms with Crippen molar-refractivity contribution >= 4 is 54.0 Å². The van der Waals surface area contributed by atoms with Gasteiger partial charge < -0.3 is 4.90 Å². The normalized spacial score (nSPS) is 11.9. The van der Waals surface area contributed by atoms with Crippen LogP contribution in [0.25, 0.3) is 10.2 Å². The summed E-state index contributed by atoms with van der Waals surface area (Å²) in [5.74, 6) is -0.0768. The molecule has 6 nitrogen and oxygen atoms in total. The summed E-state index contributed by atoms with van der Waals surface area (Å²) < 4.78 is 24.4. The first-order chi connectivity index (χ1) is 15.1. The van der Waals surface area contributed by atoms with Gasteiger partial charge in [-0.25, -0.2) is 13.4 Å². The number of sulfone groups is 1. The van der Waals surface area contributed by atoms with Crippen LogP contribution in [0.1, 0.15) is 25.0 Å². The highest BCUT2D eigenvalue weighted by Crippen LogP contribution is 2.33. The van der Waals surface area contributed by atoms with Crippen molar-refractivity contribution in [1.82, 2.24) is 9.88 Å². The Balaban J connectivity index is 1.90. The van der Waals surface area contributed by atoms with Gasteiger partial charge in [-0.1, -0.05) is 48.9 Å². The van der Waals surface area contributed by atoms with Crippen LogP contribution in [-0.2, 0) is 21.1 Å². The first kappa shape index (κ1) is 24.6. The molecule has 0 fully saturated rings. The SMILES string of the molecule is CCN(CC)CCN(C(=O)Cc1ccc(S(C)(=O)=O)cc1)c1nc2c(C)cc(Cl)cc2s1. The summed E-state index contributed by atoms with van der Waals surface area (Å²) in [6.45, 7) is 9.23. The van der Waals surface area contributed by atoms with Gasteiger partial charge >= 0.3 is 0 Å². The Labute approximate surface area is 198 Å². The van der Waals surface area contributed by atoms with Gasteiger partial charge in [0.05, 0.1) is 21.5 Å². The number of amides is 1. The maximum Gasteiger partial charge on any atom is 0.233 e.